The van der Waals surface area contributed by atoms with Gasteiger partial charge in [0.1, 0.15) is 5.82 Å². The van der Waals surface area contributed by atoms with E-state index in [1.807, 2.05) is 6.92 Å². The van der Waals surface area contributed by atoms with Gasteiger partial charge in [-0.15, -0.1) is 0 Å². The second-order valence-corrected chi connectivity index (χ2v) is 5.07. The molecule has 0 saturated heterocycles. The van der Waals surface area contributed by atoms with E-state index in [9.17, 15) is 14.0 Å². The molecule has 1 N–H and O–H groups in total. The lowest BCUT2D eigenvalue weighted by molar-refractivity contribution is -0.116. The third-order valence-electron chi connectivity index (χ3n) is 3.30. The summed E-state index contributed by atoms with van der Waals surface area (Å²) in [6, 6.07) is 9.11. The Morgan fingerprint density at radius 2 is 1.90 bits per heavy atom. The molecule has 0 bridgehead atoms. The molecular formula is C16H17FN2O2. The van der Waals surface area contributed by atoms with Crippen LogP contribution in [-0.2, 0) is 11.8 Å². The van der Waals surface area contributed by atoms with Crippen molar-refractivity contribution >= 4 is 11.6 Å². The fourth-order valence-electron chi connectivity index (χ4n) is 2.07. The van der Waals surface area contributed by atoms with E-state index in [0.29, 0.717) is 5.69 Å². The Bertz CT molecular complexity index is 692. The van der Waals surface area contributed by atoms with Crippen molar-refractivity contribution in [1.82, 2.24) is 4.57 Å². The molecule has 0 aliphatic heterocycles. The van der Waals surface area contributed by atoms with Crippen molar-refractivity contribution in [2.45, 2.75) is 19.3 Å². The largest absolute Gasteiger partial charge is 0.325 e. The van der Waals surface area contributed by atoms with E-state index in [0.717, 1.165) is 5.56 Å². The van der Waals surface area contributed by atoms with Gasteiger partial charge in [-0.25, -0.2) is 4.39 Å². The van der Waals surface area contributed by atoms with Crippen LogP contribution in [-0.4, -0.2) is 10.5 Å². The van der Waals surface area contributed by atoms with Gasteiger partial charge in [0.15, 0.2) is 0 Å². The molecule has 2 rings (SSSR count). The maximum absolute atomic E-state index is 12.9. The number of amides is 1. The molecule has 0 aliphatic rings. The van der Waals surface area contributed by atoms with Crippen molar-refractivity contribution in [1.29, 1.82) is 0 Å². The number of nitrogens with one attached hydrogen (secondary N) is 1. The van der Waals surface area contributed by atoms with Gasteiger partial charge in [0.25, 0.3) is 0 Å². The maximum Gasteiger partial charge on any atom is 0.250 e. The molecule has 0 unspecified atom stereocenters. The van der Waals surface area contributed by atoms with Crippen molar-refractivity contribution in [2.75, 3.05) is 5.32 Å². The Labute approximate surface area is 122 Å². The fraction of sp³-hybridized carbons (Fsp3) is 0.250. The first-order valence-electron chi connectivity index (χ1n) is 6.67. The number of benzene rings is 1. The minimum absolute atomic E-state index is 0.0156. The second kappa shape index (κ2) is 6.35. The Morgan fingerprint density at radius 3 is 2.52 bits per heavy atom. The van der Waals surface area contributed by atoms with Crippen LogP contribution < -0.4 is 10.9 Å². The maximum atomic E-state index is 12.9. The molecule has 0 fully saturated rings. The number of anilines is 1. The van der Waals surface area contributed by atoms with Crippen molar-refractivity contribution in [2.24, 2.45) is 7.05 Å². The number of hydrogen-bond acceptors (Lipinski definition) is 2. The molecule has 0 saturated carbocycles. The normalized spacial score (nSPS) is 12.0. The predicted molar refractivity (Wildman–Crippen MR) is 79.7 cm³/mol. The molecule has 4 nitrogen and oxygen atoms in total. The monoisotopic (exact) mass is 288 g/mol. The van der Waals surface area contributed by atoms with Crippen molar-refractivity contribution in [3.05, 3.63) is 64.3 Å². The fourth-order valence-corrected chi connectivity index (χ4v) is 2.07. The first-order chi connectivity index (χ1) is 9.95. The van der Waals surface area contributed by atoms with E-state index in [1.54, 1.807) is 31.4 Å². The summed E-state index contributed by atoms with van der Waals surface area (Å²) in [6.07, 6.45) is 1.86. The molecule has 1 heterocycles. The van der Waals surface area contributed by atoms with Gasteiger partial charge in [0.05, 0.1) is 5.69 Å². The highest BCUT2D eigenvalue weighted by atomic mass is 19.1. The Kier molecular flexibility index (Phi) is 4.52. The van der Waals surface area contributed by atoms with Crippen molar-refractivity contribution in [3.8, 4) is 0 Å². The summed E-state index contributed by atoms with van der Waals surface area (Å²) in [5.41, 5.74) is 1.35. The zero-order chi connectivity index (χ0) is 15.4. The third kappa shape index (κ3) is 4.02. The highest BCUT2D eigenvalue weighted by Crippen LogP contribution is 2.20. The van der Waals surface area contributed by atoms with Gasteiger partial charge in [-0.2, -0.15) is 0 Å². The summed E-state index contributed by atoms with van der Waals surface area (Å²) in [6.45, 7) is 1.91. The van der Waals surface area contributed by atoms with Crippen LogP contribution in [0.5, 0.6) is 0 Å². The zero-order valence-electron chi connectivity index (χ0n) is 12.0. The van der Waals surface area contributed by atoms with E-state index in [4.69, 9.17) is 0 Å². The molecular weight excluding hydrogens is 271 g/mol. The summed E-state index contributed by atoms with van der Waals surface area (Å²) in [4.78, 5) is 23.3. The van der Waals surface area contributed by atoms with E-state index in [2.05, 4.69) is 5.32 Å². The van der Waals surface area contributed by atoms with Crippen LogP contribution in [0.4, 0.5) is 10.1 Å². The summed E-state index contributed by atoms with van der Waals surface area (Å²) in [7, 11) is 1.62. The lowest BCUT2D eigenvalue weighted by Gasteiger charge is -2.12. The first-order valence-corrected chi connectivity index (χ1v) is 6.67. The van der Waals surface area contributed by atoms with Gasteiger partial charge in [-0.3, -0.25) is 9.59 Å². The van der Waals surface area contributed by atoms with E-state index in [1.165, 1.54) is 22.8 Å². The number of halogens is 1. The minimum atomic E-state index is -0.291. The highest BCUT2D eigenvalue weighted by Gasteiger charge is 2.12. The molecule has 0 spiro atoms. The van der Waals surface area contributed by atoms with Crippen LogP contribution in [0.25, 0.3) is 0 Å². The molecule has 0 radical (unpaired) electrons. The minimum Gasteiger partial charge on any atom is -0.325 e. The molecule has 2 aromatic rings. The molecule has 21 heavy (non-hydrogen) atoms. The third-order valence-corrected chi connectivity index (χ3v) is 3.30. The number of pyridine rings is 1. The van der Waals surface area contributed by atoms with Crippen molar-refractivity contribution in [3.63, 3.8) is 0 Å². The summed E-state index contributed by atoms with van der Waals surface area (Å²) in [5.74, 6) is -0.454. The number of hydrogen-bond donors (Lipinski definition) is 1. The van der Waals surface area contributed by atoms with Crippen LogP contribution in [0.1, 0.15) is 24.8 Å². The van der Waals surface area contributed by atoms with Gasteiger partial charge >= 0.3 is 0 Å². The van der Waals surface area contributed by atoms with Crippen LogP contribution in [0.2, 0.25) is 0 Å². The average molecular weight is 288 g/mol. The lowest BCUT2D eigenvalue weighted by Crippen LogP contribution is -2.18. The standard InChI is InChI=1S/C16H17FN2O2/c1-11(12-3-5-13(17)6-4-12)9-15(20)18-14-7-8-16(21)19(2)10-14/h3-8,10-11H,9H2,1-2H3,(H,18,20)/t11-/m0/s1. The van der Waals surface area contributed by atoms with Gasteiger partial charge < -0.3 is 9.88 Å². The molecule has 1 aromatic heterocycles. The van der Waals surface area contributed by atoms with E-state index in [-0.39, 0.29) is 29.6 Å². The SMILES string of the molecule is C[C@@H](CC(=O)Nc1ccc(=O)n(C)c1)c1ccc(F)cc1. The smallest absolute Gasteiger partial charge is 0.250 e. The van der Waals surface area contributed by atoms with Gasteiger partial charge in [-0.05, 0) is 29.7 Å². The number of rotatable bonds is 4. The number of carbonyl (C=O) groups is 1. The number of aromatic nitrogens is 1. The van der Waals surface area contributed by atoms with Gasteiger partial charge in [-0.1, -0.05) is 19.1 Å². The summed E-state index contributed by atoms with van der Waals surface area (Å²) in [5, 5.41) is 2.75. The van der Waals surface area contributed by atoms with Crippen LogP contribution >= 0.6 is 0 Å². The molecule has 1 atom stereocenters. The average Bonchev–Trinajstić information content (AvgIpc) is 2.43. The Hall–Kier alpha value is -2.43. The molecule has 110 valence electrons. The number of carbonyl (C=O) groups excluding carboxylic acids is 1. The Morgan fingerprint density at radius 1 is 1.24 bits per heavy atom. The second-order valence-electron chi connectivity index (χ2n) is 5.07. The van der Waals surface area contributed by atoms with Crippen LogP contribution in [0, 0.1) is 5.82 Å². The number of aryl methyl sites for hydroxylation is 1. The topological polar surface area (TPSA) is 51.1 Å². The molecule has 1 aromatic carbocycles. The van der Waals surface area contributed by atoms with Crippen LogP contribution in [0.3, 0.4) is 0 Å². The van der Waals surface area contributed by atoms with E-state index < -0.39 is 0 Å². The summed E-state index contributed by atoms with van der Waals surface area (Å²) >= 11 is 0. The van der Waals surface area contributed by atoms with Crippen LogP contribution in [0.15, 0.2) is 47.4 Å². The molecule has 1 amide bonds. The Balaban J connectivity index is 1.99. The first kappa shape index (κ1) is 15.0. The van der Waals surface area contributed by atoms with E-state index >= 15 is 0 Å². The lowest BCUT2D eigenvalue weighted by atomic mass is 9.97. The number of nitrogens with zero attached hydrogens (tertiary/aromatic N) is 1. The highest BCUT2D eigenvalue weighted by molar-refractivity contribution is 5.91. The predicted octanol–water partition coefficient (Wildman–Crippen LogP) is 2.66. The summed E-state index contributed by atoms with van der Waals surface area (Å²) < 4.78 is 14.3. The molecule has 5 heteroatoms. The van der Waals surface area contributed by atoms with Crippen molar-refractivity contribution < 1.29 is 9.18 Å². The van der Waals surface area contributed by atoms with Gasteiger partial charge in [0, 0.05) is 25.7 Å². The quantitative estimate of drug-likeness (QED) is 0.940. The zero-order valence-corrected chi connectivity index (χ0v) is 12.0. The molecule has 0 aliphatic carbocycles. The van der Waals surface area contributed by atoms with Gasteiger partial charge in [0.2, 0.25) is 11.5 Å².